The minimum Gasteiger partial charge on any atom is -0.496 e. The van der Waals surface area contributed by atoms with E-state index in [2.05, 4.69) is 30.3 Å². The number of fused-ring (bicyclic) bond motifs is 1. The van der Waals surface area contributed by atoms with E-state index in [9.17, 15) is 0 Å². The van der Waals surface area contributed by atoms with Gasteiger partial charge in [-0.3, -0.25) is 0 Å². The van der Waals surface area contributed by atoms with Crippen molar-refractivity contribution in [1.82, 2.24) is 0 Å². The monoisotopic (exact) mass is 277 g/mol. The van der Waals surface area contributed by atoms with Gasteiger partial charge in [-0.05, 0) is 29.3 Å². The minimum absolute atomic E-state index is 0.618. The smallest absolute Gasteiger partial charge is 0.124 e. The Balaban J connectivity index is 2.25. The molecule has 3 rings (SSSR count). The highest BCUT2D eigenvalue weighted by Gasteiger charge is 2.28. The Hall–Kier alpha value is -2.32. The summed E-state index contributed by atoms with van der Waals surface area (Å²) in [6.45, 7) is 2.03. The minimum atomic E-state index is -0.618. The van der Waals surface area contributed by atoms with Crippen LogP contribution in [0, 0.1) is 0 Å². The third-order valence-corrected chi connectivity index (χ3v) is 4.02. The van der Waals surface area contributed by atoms with Crippen LogP contribution in [0.2, 0.25) is 0 Å². The van der Waals surface area contributed by atoms with Gasteiger partial charge in [0.25, 0.3) is 0 Å². The van der Waals surface area contributed by atoms with Gasteiger partial charge in [0, 0.05) is 5.56 Å². The zero-order valence-corrected chi connectivity index (χ0v) is 12.3. The van der Waals surface area contributed by atoms with Crippen molar-refractivity contribution in [2.24, 2.45) is 5.73 Å². The first-order valence-corrected chi connectivity index (χ1v) is 7.05. The van der Waals surface area contributed by atoms with Crippen LogP contribution in [0.3, 0.4) is 0 Å². The van der Waals surface area contributed by atoms with Crippen molar-refractivity contribution in [3.8, 4) is 5.75 Å². The third-order valence-electron chi connectivity index (χ3n) is 4.02. The molecule has 106 valence electrons. The van der Waals surface area contributed by atoms with E-state index in [4.69, 9.17) is 10.5 Å². The lowest BCUT2D eigenvalue weighted by Gasteiger charge is -2.29. The topological polar surface area (TPSA) is 35.2 Å². The van der Waals surface area contributed by atoms with Crippen molar-refractivity contribution in [1.29, 1.82) is 0 Å². The van der Waals surface area contributed by atoms with E-state index < -0.39 is 5.54 Å². The molecule has 0 radical (unpaired) electrons. The average molecular weight is 277 g/mol. The molecule has 2 nitrogen and oxygen atoms in total. The fraction of sp³-hybridized carbons (Fsp3) is 0.158. The third kappa shape index (κ3) is 2.28. The van der Waals surface area contributed by atoms with Crippen LogP contribution in [-0.4, -0.2) is 7.11 Å². The second-order valence-electron chi connectivity index (χ2n) is 5.43. The van der Waals surface area contributed by atoms with Crippen molar-refractivity contribution in [3.05, 3.63) is 77.9 Å². The highest BCUT2D eigenvalue weighted by molar-refractivity contribution is 5.87. The van der Waals surface area contributed by atoms with Gasteiger partial charge in [-0.1, -0.05) is 60.7 Å². The Bertz CT molecular complexity index is 772. The maximum atomic E-state index is 6.72. The summed E-state index contributed by atoms with van der Waals surface area (Å²) in [6.07, 6.45) is 0. The summed E-state index contributed by atoms with van der Waals surface area (Å²) >= 11 is 0. The zero-order chi connectivity index (χ0) is 14.9. The molecule has 0 heterocycles. The molecular weight excluding hydrogens is 258 g/mol. The van der Waals surface area contributed by atoms with E-state index in [0.29, 0.717) is 0 Å². The Kier molecular flexibility index (Phi) is 3.40. The molecule has 1 atom stereocenters. The van der Waals surface area contributed by atoms with Gasteiger partial charge in [0.15, 0.2) is 0 Å². The van der Waals surface area contributed by atoms with Crippen LogP contribution in [0.4, 0.5) is 0 Å². The highest BCUT2D eigenvalue weighted by Crippen LogP contribution is 2.36. The Morgan fingerprint density at radius 2 is 1.43 bits per heavy atom. The summed E-state index contributed by atoms with van der Waals surface area (Å²) in [5.74, 6) is 0.815. The number of ether oxygens (including phenoxy) is 1. The fourth-order valence-electron chi connectivity index (χ4n) is 2.90. The first-order valence-electron chi connectivity index (χ1n) is 7.05. The van der Waals surface area contributed by atoms with E-state index >= 15 is 0 Å². The molecule has 0 saturated heterocycles. The largest absolute Gasteiger partial charge is 0.496 e. The number of rotatable bonds is 3. The Morgan fingerprint density at radius 3 is 2.24 bits per heavy atom. The van der Waals surface area contributed by atoms with Crippen LogP contribution < -0.4 is 10.5 Å². The maximum Gasteiger partial charge on any atom is 0.124 e. The van der Waals surface area contributed by atoms with Crippen LogP contribution in [0.15, 0.2) is 66.7 Å². The predicted molar refractivity (Wildman–Crippen MR) is 87.6 cm³/mol. The van der Waals surface area contributed by atoms with Crippen molar-refractivity contribution in [2.45, 2.75) is 12.5 Å². The number of hydrogen-bond acceptors (Lipinski definition) is 2. The molecule has 21 heavy (non-hydrogen) atoms. The van der Waals surface area contributed by atoms with Gasteiger partial charge in [-0.2, -0.15) is 0 Å². The van der Waals surface area contributed by atoms with Gasteiger partial charge in [0.1, 0.15) is 5.75 Å². The van der Waals surface area contributed by atoms with E-state index in [-0.39, 0.29) is 0 Å². The molecule has 2 N–H and O–H groups in total. The molecule has 0 aliphatic heterocycles. The first kappa shape index (κ1) is 13.7. The summed E-state index contributed by atoms with van der Waals surface area (Å²) in [5.41, 5.74) is 8.20. The van der Waals surface area contributed by atoms with Crippen LogP contribution in [0.1, 0.15) is 18.1 Å². The molecule has 0 aliphatic carbocycles. The van der Waals surface area contributed by atoms with Crippen LogP contribution >= 0.6 is 0 Å². The van der Waals surface area contributed by atoms with E-state index in [1.165, 1.54) is 10.8 Å². The van der Waals surface area contributed by atoms with E-state index in [1.807, 2.05) is 43.3 Å². The van der Waals surface area contributed by atoms with E-state index in [1.54, 1.807) is 7.11 Å². The molecule has 0 bridgehead atoms. The molecule has 1 unspecified atom stereocenters. The normalized spacial score (nSPS) is 13.9. The fourth-order valence-corrected chi connectivity index (χ4v) is 2.90. The van der Waals surface area contributed by atoms with Crippen LogP contribution in [-0.2, 0) is 5.54 Å². The molecule has 2 heteroatoms. The molecule has 3 aromatic rings. The van der Waals surface area contributed by atoms with Gasteiger partial charge >= 0.3 is 0 Å². The van der Waals surface area contributed by atoms with Gasteiger partial charge in [-0.25, -0.2) is 0 Å². The second kappa shape index (κ2) is 5.23. The summed E-state index contributed by atoms with van der Waals surface area (Å²) < 4.78 is 5.49. The standard InChI is InChI=1S/C19H19NO/c1-19(20,17-11-5-6-13-18(17)21-2)16-12-7-9-14-8-3-4-10-15(14)16/h3-13H,20H2,1-2H3. The Labute approximate surface area is 125 Å². The molecule has 0 aromatic heterocycles. The van der Waals surface area contributed by atoms with Gasteiger partial charge in [-0.15, -0.1) is 0 Å². The van der Waals surface area contributed by atoms with Crippen LogP contribution in [0.25, 0.3) is 10.8 Å². The molecular formula is C19H19NO. The summed E-state index contributed by atoms with van der Waals surface area (Å²) in [5, 5.41) is 2.37. The van der Waals surface area contributed by atoms with Crippen molar-refractivity contribution in [3.63, 3.8) is 0 Å². The number of methoxy groups -OCH3 is 1. The molecule has 0 amide bonds. The van der Waals surface area contributed by atoms with Gasteiger partial charge in [0.05, 0.1) is 12.6 Å². The number of hydrogen-bond donors (Lipinski definition) is 1. The first-order chi connectivity index (χ1) is 10.1. The van der Waals surface area contributed by atoms with E-state index in [0.717, 1.165) is 16.9 Å². The Morgan fingerprint density at radius 1 is 0.810 bits per heavy atom. The summed E-state index contributed by atoms with van der Waals surface area (Å²) in [4.78, 5) is 0. The lowest BCUT2D eigenvalue weighted by molar-refractivity contribution is 0.399. The summed E-state index contributed by atoms with van der Waals surface area (Å²) in [7, 11) is 1.68. The zero-order valence-electron chi connectivity index (χ0n) is 12.3. The molecule has 0 spiro atoms. The number of benzene rings is 3. The van der Waals surface area contributed by atoms with Crippen molar-refractivity contribution < 1.29 is 4.74 Å². The quantitative estimate of drug-likeness (QED) is 0.783. The van der Waals surface area contributed by atoms with Gasteiger partial charge in [0.2, 0.25) is 0 Å². The highest BCUT2D eigenvalue weighted by atomic mass is 16.5. The second-order valence-corrected chi connectivity index (χ2v) is 5.43. The number of para-hydroxylation sites is 1. The van der Waals surface area contributed by atoms with Gasteiger partial charge < -0.3 is 10.5 Å². The van der Waals surface area contributed by atoms with Crippen molar-refractivity contribution >= 4 is 10.8 Å². The van der Waals surface area contributed by atoms with Crippen molar-refractivity contribution in [2.75, 3.05) is 7.11 Å². The molecule has 0 saturated carbocycles. The molecule has 3 aromatic carbocycles. The SMILES string of the molecule is COc1ccccc1C(C)(N)c1cccc2ccccc12. The maximum absolute atomic E-state index is 6.72. The predicted octanol–water partition coefficient (Wildman–Crippen LogP) is 4.07. The average Bonchev–Trinajstić information content (AvgIpc) is 2.54. The van der Waals surface area contributed by atoms with Crippen LogP contribution in [0.5, 0.6) is 5.75 Å². The summed E-state index contributed by atoms with van der Waals surface area (Å²) in [6, 6.07) is 22.5. The lowest BCUT2D eigenvalue weighted by Crippen LogP contribution is -2.35. The number of nitrogens with two attached hydrogens (primary N) is 1. The molecule has 0 aliphatic rings. The lowest BCUT2D eigenvalue weighted by atomic mass is 9.82. The molecule has 0 fully saturated rings.